The van der Waals surface area contributed by atoms with E-state index in [1.807, 2.05) is 55.8 Å². The lowest BCUT2D eigenvalue weighted by atomic mass is 10.1. The Balaban J connectivity index is 1.47. The van der Waals surface area contributed by atoms with Crippen molar-refractivity contribution in [3.05, 3.63) is 87.5 Å². The highest BCUT2D eigenvalue weighted by molar-refractivity contribution is 7.80. The van der Waals surface area contributed by atoms with Gasteiger partial charge in [0, 0.05) is 34.6 Å². The Hall–Kier alpha value is -3.45. The second kappa shape index (κ2) is 8.12. The van der Waals surface area contributed by atoms with Gasteiger partial charge in [-0.3, -0.25) is 4.68 Å². The summed E-state index contributed by atoms with van der Waals surface area (Å²) < 4.78 is 7.28. The predicted molar refractivity (Wildman–Crippen MR) is 124 cm³/mol. The number of fused-ring (bicyclic) bond motifs is 1. The zero-order valence-electron chi connectivity index (χ0n) is 17.0. The van der Waals surface area contributed by atoms with Crippen LogP contribution in [-0.4, -0.2) is 14.9 Å². The van der Waals surface area contributed by atoms with Gasteiger partial charge in [0.25, 0.3) is 0 Å². The van der Waals surface area contributed by atoms with Crippen molar-refractivity contribution >= 4 is 39.7 Å². The summed E-state index contributed by atoms with van der Waals surface area (Å²) in [5.41, 5.74) is 5.93. The first kappa shape index (κ1) is 19.8. The molecular weight excluding hydrogens is 396 g/mol. The van der Waals surface area contributed by atoms with Crippen LogP contribution in [0.15, 0.2) is 63.8 Å². The van der Waals surface area contributed by atoms with E-state index in [9.17, 15) is 4.79 Å². The first-order valence-electron chi connectivity index (χ1n) is 9.60. The van der Waals surface area contributed by atoms with E-state index in [1.54, 1.807) is 6.07 Å². The van der Waals surface area contributed by atoms with E-state index < -0.39 is 0 Å². The maximum atomic E-state index is 11.6. The second-order valence-electron chi connectivity index (χ2n) is 7.32. The topological polar surface area (TPSA) is 72.1 Å². The van der Waals surface area contributed by atoms with Gasteiger partial charge in [0.1, 0.15) is 5.58 Å². The van der Waals surface area contributed by atoms with Crippen LogP contribution in [0, 0.1) is 20.8 Å². The van der Waals surface area contributed by atoms with E-state index in [2.05, 4.69) is 27.9 Å². The highest BCUT2D eigenvalue weighted by Gasteiger charge is 2.06. The van der Waals surface area contributed by atoms with Crippen LogP contribution in [-0.2, 0) is 6.54 Å². The Kier molecular flexibility index (Phi) is 5.37. The lowest BCUT2D eigenvalue weighted by molar-refractivity contribution is 0.560. The number of aromatic nitrogens is 2. The second-order valence-corrected chi connectivity index (χ2v) is 7.73. The number of rotatable bonds is 4. The molecule has 2 heterocycles. The lowest BCUT2D eigenvalue weighted by Crippen LogP contribution is -2.19. The minimum Gasteiger partial charge on any atom is -0.423 e. The van der Waals surface area contributed by atoms with Crippen LogP contribution < -0.4 is 16.3 Å². The smallest absolute Gasteiger partial charge is 0.336 e. The maximum Gasteiger partial charge on any atom is 0.336 e. The zero-order chi connectivity index (χ0) is 21.3. The fraction of sp³-hybridized carbons (Fsp3) is 0.174. The molecule has 4 aromatic rings. The number of benzene rings is 2. The van der Waals surface area contributed by atoms with Gasteiger partial charge in [-0.05, 0) is 74.4 Å². The molecule has 0 unspecified atom stereocenters. The molecule has 4 rings (SSSR count). The van der Waals surface area contributed by atoms with Crippen molar-refractivity contribution in [2.75, 3.05) is 10.6 Å². The third-order valence-corrected chi connectivity index (χ3v) is 5.03. The molecule has 0 aliphatic heterocycles. The fourth-order valence-corrected chi connectivity index (χ4v) is 3.69. The van der Waals surface area contributed by atoms with Gasteiger partial charge >= 0.3 is 5.63 Å². The molecule has 2 N–H and O–H groups in total. The Morgan fingerprint density at radius 2 is 1.80 bits per heavy atom. The van der Waals surface area contributed by atoms with Gasteiger partial charge in [-0.1, -0.05) is 12.1 Å². The third kappa shape index (κ3) is 4.41. The van der Waals surface area contributed by atoms with Crippen molar-refractivity contribution in [3.8, 4) is 0 Å². The molecule has 152 valence electrons. The van der Waals surface area contributed by atoms with Crippen molar-refractivity contribution < 1.29 is 4.42 Å². The van der Waals surface area contributed by atoms with Crippen molar-refractivity contribution in [3.63, 3.8) is 0 Å². The van der Waals surface area contributed by atoms with Gasteiger partial charge in [0.2, 0.25) is 0 Å². The molecule has 7 heteroatoms. The first-order chi connectivity index (χ1) is 14.4. The highest BCUT2D eigenvalue weighted by Crippen LogP contribution is 2.21. The molecule has 6 nitrogen and oxygen atoms in total. The van der Waals surface area contributed by atoms with Crippen molar-refractivity contribution in [2.24, 2.45) is 0 Å². The van der Waals surface area contributed by atoms with Crippen molar-refractivity contribution in [2.45, 2.75) is 27.3 Å². The molecule has 2 aromatic heterocycles. The van der Waals surface area contributed by atoms with E-state index in [0.717, 1.165) is 39.3 Å². The summed E-state index contributed by atoms with van der Waals surface area (Å²) in [5.74, 6) is 0. The lowest BCUT2D eigenvalue weighted by Gasteiger charge is -2.12. The van der Waals surface area contributed by atoms with Crippen molar-refractivity contribution in [1.82, 2.24) is 9.78 Å². The van der Waals surface area contributed by atoms with Crippen molar-refractivity contribution in [1.29, 1.82) is 0 Å². The van der Waals surface area contributed by atoms with Crippen LogP contribution in [0.5, 0.6) is 0 Å². The van der Waals surface area contributed by atoms with Gasteiger partial charge in [0.15, 0.2) is 5.11 Å². The summed E-state index contributed by atoms with van der Waals surface area (Å²) in [6, 6.07) is 17.2. The minimum absolute atomic E-state index is 0.364. The molecule has 0 saturated heterocycles. The van der Waals surface area contributed by atoms with Gasteiger partial charge < -0.3 is 15.1 Å². The normalized spacial score (nSPS) is 10.9. The predicted octanol–water partition coefficient (Wildman–Crippen LogP) is 4.77. The Morgan fingerprint density at radius 3 is 2.53 bits per heavy atom. The Labute approximate surface area is 179 Å². The molecule has 0 aliphatic carbocycles. The molecule has 0 radical (unpaired) electrons. The average Bonchev–Trinajstić information content (AvgIpc) is 2.98. The summed E-state index contributed by atoms with van der Waals surface area (Å²) in [6.07, 6.45) is 0. The maximum absolute atomic E-state index is 11.6. The van der Waals surface area contributed by atoms with E-state index in [-0.39, 0.29) is 5.63 Å². The number of thiocarbonyl (C=S) groups is 1. The number of nitrogens with one attached hydrogen (secondary N) is 2. The van der Waals surface area contributed by atoms with E-state index in [0.29, 0.717) is 17.2 Å². The molecule has 0 amide bonds. The van der Waals surface area contributed by atoms with Gasteiger partial charge in [0.05, 0.1) is 12.2 Å². The van der Waals surface area contributed by atoms with E-state index in [1.165, 1.54) is 6.07 Å². The number of nitrogens with zero attached hydrogens (tertiary/aromatic N) is 2. The highest BCUT2D eigenvalue weighted by atomic mass is 32.1. The monoisotopic (exact) mass is 418 g/mol. The van der Waals surface area contributed by atoms with Gasteiger partial charge in [-0.2, -0.15) is 5.10 Å². The number of aryl methyl sites for hydroxylation is 3. The Morgan fingerprint density at radius 1 is 1.03 bits per heavy atom. The molecule has 0 spiro atoms. The van der Waals surface area contributed by atoms with Crippen LogP contribution in [0.1, 0.15) is 22.5 Å². The average molecular weight is 419 g/mol. The number of hydrogen-bond acceptors (Lipinski definition) is 4. The van der Waals surface area contributed by atoms with Crippen LogP contribution in [0.25, 0.3) is 11.0 Å². The molecular formula is C23H22N4O2S. The molecule has 30 heavy (non-hydrogen) atoms. The third-order valence-electron chi connectivity index (χ3n) is 4.83. The zero-order valence-corrected chi connectivity index (χ0v) is 17.8. The summed E-state index contributed by atoms with van der Waals surface area (Å²) in [6.45, 7) is 6.62. The van der Waals surface area contributed by atoms with Gasteiger partial charge in [-0.25, -0.2) is 4.79 Å². The molecule has 0 bridgehead atoms. The van der Waals surface area contributed by atoms with Crippen LogP contribution in [0.3, 0.4) is 0 Å². The largest absolute Gasteiger partial charge is 0.423 e. The fourth-order valence-electron chi connectivity index (χ4n) is 3.45. The summed E-state index contributed by atoms with van der Waals surface area (Å²) in [5, 5.41) is 12.2. The summed E-state index contributed by atoms with van der Waals surface area (Å²) in [4.78, 5) is 11.6. The number of anilines is 2. The first-order valence-corrected chi connectivity index (χ1v) is 10.0. The molecule has 0 fully saturated rings. The van der Waals surface area contributed by atoms with E-state index >= 15 is 0 Å². The molecule has 0 atom stereocenters. The quantitative estimate of drug-likeness (QED) is 0.367. The molecule has 0 aliphatic rings. The van der Waals surface area contributed by atoms with Crippen LogP contribution in [0.2, 0.25) is 0 Å². The SMILES string of the molecule is Cc1cc(C)n(Cc2cccc(NC(=S)Nc3ccc4c(C)cc(=O)oc4c3)c2)n1. The van der Waals surface area contributed by atoms with Gasteiger partial charge in [-0.15, -0.1) is 0 Å². The summed E-state index contributed by atoms with van der Waals surface area (Å²) in [7, 11) is 0. The van der Waals surface area contributed by atoms with E-state index in [4.69, 9.17) is 16.6 Å². The van der Waals surface area contributed by atoms with Crippen LogP contribution in [0.4, 0.5) is 11.4 Å². The minimum atomic E-state index is -0.364. The molecule has 0 saturated carbocycles. The number of hydrogen-bond donors (Lipinski definition) is 2. The Bertz CT molecular complexity index is 1310. The standard InChI is InChI=1S/C23H22N4O2S/c1-14-9-22(28)29-21-12-19(7-8-20(14)21)25-23(30)24-18-6-4-5-17(11-18)13-27-16(3)10-15(2)26-27/h4-12H,13H2,1-3H3,(H2,24,25,30). The molecule has 2 aromatic carbocycles. The summed E-state index contributed by atoms with van der Waals surface area (Å²) >= 11 is 5.46. The van der Waals surface area contributed by atoms with Crippen LogP contribution >= 0.6 is 12.2 Å².